The summed E-state index contributed by atoms with van der Waals surface area (Å²) in [5.41, 5.74) is 1.32. The number of fused-ring (bicyclic) bond motifs is 1. The highest BCUT2D eigenvalue weighted by molar-refractivity contribution is 5.85. The Kier molecular flexibility index (Phi) is 5.22. The molecule has 0 radical (unpaired) electrons. The van der Waals surface area contributed by atoms with Crippen molar-refractivity contribution in [1.82, 2.24) is 4.90 Å². The Labute approximate surface area is 167 Å². The van der Waals surface area contributed by atoms with E-state index in [0.29, 0.717) is 65.7 Å². The Morgan fingerprint density at radius 1 is 1.10 bits per heavy atom. The van der Waals surface area contributed by atoms with Gasteiger partial charge < -0.3 is 23.5 Å². The number of amides is 1. The monoisotopic (exact) mass is 395 g/mol. The van der Waals surface area contributed by atoms with E-state index in [1.807, 2.05) is 18.2 Å². The summed E-state index contributed by atoms with van der Waals surface area (Å²) < 4.78 is 22.0. The predicted molar refractivity (Wildman–Crippen MR) is 108 cm³/mol. The van der Waals surface area contributed by atoms with E-state index < -0.39 is 6.09 Å². The molecule has 0 unspecified atom stereocenters. The number of ether oxygens (including phenoxy) is 3. The molecule has 0 N–H and O–H groups in total. The van der Waals surface area contributed by atoms with E-state index in [1.54, 1.807) is 43.2 Å². The van der Waals surface area contributed by atoms with E-state index in [0.717, 1.165) is 0 Å². The van der Waals surface area contributed by atoms with Gasteiger partial charge in [0, 0.05) is 24.7 Å². The second-order valence-corrected chi connectivity index (χ2v) is 6.69. The summed E-state index contributed by atoms with van der Waals surface area (Å²) >= 11 is 0. The highest BCUT2D eigenvalue weighted by atomic mass is 16.6. The van der Waals surface area contributed by atoms with E-state index in [9.17, 15) is 9.59 Å². The van der Waals surface area contributed by atoms with Crippen molar-refractivity contribution < 1.29 is 23.4 Å². The van der Waals surface area contributed by atoms with Gasteiger partial charge in [-0.2, -0.15) is 0 Å². The Morgan fingerprint density at radius 2 is 1.86 bits per heavy atom. The minimum absolute atomic E-state index is 0.167. The van der Waals surface area contributed by atoms with Crippen molar-refractivity contribution in [2.45, 2.75) is 6.92 Å². The summed E-state index contributed by atoms with van der Waals surface area (Å²) in [6, 6.07) is 12.1. The standard InChI is InChI=1S/C22H21NO6/c1-14-20(16-5-3-4-6-18(16)26-2)21(24)17-8-7-15(13-19(17)28-14)29-22(25)23-9-11-27-12-10-23/h3-8,13H,9-12H2,1-2H3. The molecule has 1 fully saturated rings. The number of nitrogens with zero attached hydrogens (tertiary/aromatic N) is 1. The van der Waals surface area contributed by atoms with Crippen LogP contribution in [0.15, 0.2) is 51.7 Å². The van der Waals surface area contributed by atoms with Crippen molar-refractivity contribution in [3.63, 3.8) is 0 Å². The zero-order valence-corrected chi connectivity index (χ0v) is 16.3. The fraction of sp³-hybridized carbons (Fsp3) is 0.273. The van der Waals surface area contributed by atoms with Crippen LogP contribution < -0.4 is 14.9 Å². The molecular weight excluding hydrogens is 374 g/mol. The second-order valence-electron chi connectivity index (χ2n) is 6.69. The number of aryl methyl sites for hydroxylation is 1. The third-order valence-corrected chi connectivity index (χ3v) is 4.89. The van der Waals surface area contributed by atoms with Crippen LogP contribution in [0.1, 0.15) is 5.76 Å². The van der Waals surface area contributed by atoms with Crippen molar-refractivity contribution in [3.05, 3.63) is 58.4 Å². The Balaban J connectivity index is 1.70. The molecule has 0 saturated carbocycles. The molecule has 1 aliphatic rings. The smallest absolute Gasteiger partial charge is 0.415 e. The first-order valence-electron chi connectivity index (χ1n) is 9.34. The molecule has 3 aromatic rings. The topological polar surface area (TPSA) is 78.2 Å². The van der Waals surface area contributed by atoms with Crippen molar-refractivity contribution in [3.8, 4) is 22.6 Å². The fourth-order valence-corrected chi connectivity index (χ4v) is 3.42. The van der Waals surface area contributed by atoms with Crippen molar-refractivity contribution in [2.24, 2.45) is 0 Å². The van der Waals surface area contributed by atoms with Crippen LogP contribution in [-0.2, 0) is 4.74 Å². The van der Waals surface area contributed by atoms with Crippen LogP contribution in [0, 0.1) is 6.92 Å². The number of morpholine rings is 1. The van der Waals surface area contributed by atoms with Gasteiger partial charge in [-0.25, -0.2) is 4.79 Å². The van der Waals surface area contributed by atoms with Crippen LogP contribution in [0.4, 0.5) is 4.79 Å². The van der Waals surface area contributed by atoms with E-state index >= 15 is 0 Å². The van der Waals surface area contributed by atoms with Gasteiger partial charge in [-0.05, 0) is 25.1 Å². The third kappa shape index (κ3) is 3.69. The Morgan fingerprint density at radius 3 is 2.62 bits per heavy atom. The van der Waals surface area contributed by atoms with Gasteiger partial charge in [0.1, 0.15) is 22.8 Å². The maximum absolute atomic E-state index is 13.2. The minimum Gasteiger partial charge on any atom is -0.496 e. The number of para-hydroxylation sites is 1. The van der Waals surface area contributed by atoms with Crippen LogP contribution in [0.5, 0.6) is 11.5 Å². The summed E-state index contributed by atoms with van der Waals surface area (Å²) in [7, 11) is 1.56. The van der Waals surface area contributed by atoms with E-state index in [4.69, 9.17) is 18.6 Å². The molecule has 2 aromatic carbocycles. The van der Waals surface area contributed by atoms with Gasteiger partial charge in [0.25, 0.3) is 0 Å². The van der Waals surface area contributed by atoms with Crippen LogP contribution in [0.3, 0.4) is 0 Å². The Bertz CT molecular complexity index is 1110. The van der Waals surface area contributed by atoms with Gasteiger partial charge in [0.05, 0.1) is 31.3 Å². The molecule has 4 rings (SSSR count). The molecule has 0 atom stereocenters. The molecule has 150 valence electrons. The number of carbonyl (C=O) groups is 1. The summed E-state index contributed by atoms with van der Waals surface area (Å²) in [4.78, 5) is 27.0. The molecule has 0 bridgehead atoms. The molecule has 0 aliphatic carbocycles. The lowest BCUT2D eigenvalue weighted by molar-refractivity contribution is 0.0416. The summed E-state index contributed by atoms with van der Waals surface area (Å²) in [5, 5.41) is 0.405. The summed E-state index contributed by atoms with van der Waals surface area (Å²) in [5.74, 6) is 1.38. The minimum atomic E-state index is -0.447. The highest BCUT2D eigenvalue weighted by Gasteiger charge is 2.20. The SMILES string of the molecule is COc1ccccc1-c1c(C)oc2cc(OC(=O)N3CCOCC3)ccc2c1=O. The quantitative estimate of drug-likeness (QED) is 0.674. The van der Waals surface area contributed by atoms with Crippen LogP contribution in [-0.4, -0.2) is 44.4 Å². The average Bonchev–Trinajstić information content (AvgIpc) is 2.74. The van der Waals surface area contributed by atoms with Crippen LogP contribution in [0.25, 0.3) is 22.1 Å². The number of rotatable bonds is 3. The molecular formula is C22H21NO6. The van der Waals surface area contributed by atoms with E-state index in [1.165, 1.54) is 0 Å². The Hall–Kier alpha value is -3.32. The molecule has 7 heteroatoms. The van der Waals surface area contributed by atoms with Gasteiger partial charge in [0.2, 0.25) is 5.43 Å². The van der Waals surface area contributed by atoms with E-state index in [-0.39, 0.29) is 5.43 Å². The first-order chi connectivity index (χ1) is 14.1. The summed E-state index contributed by atoms with van der Waals surface area (Å²) in [6.45, 7) is 3.69. The molecule has 0 spiro atoms. The van der Waals surface area contributed by atoms with Crippen molar-refractivity contribution >= 4 is 17.1 Å². The van der Waals surface area contributed by atoms with Crippen LogP contribution in [0.2, 0.25) is 0 Å². The molecule has 1 amide bonds. The number of carbonyl (C=O) groups excluding carboxylic acids is 1. The fourth-order valence-electron chi connectivity index (χ4n) is 3.42. The average molecular weight is 395 g/mol. The van der Waals surface area contributed by atoms with Crippen LogP contribution >= 0.6 is 0 Å². The van der Waals surface area contributed by atoms with Crippen molar-refractivity contribution in [2.75, 3.05) is 33.4 Å². The third-order valence-electron chi connectivity index (χ3n) is 4.89. The maximum Gasteiger partial charge on any atom is 0.415 e. The van der Waals surface area contributed by atoms with Gasteiger partial charge in [-0.1, -0.05) is 18.2 Å². The number of benzene rings is 2. The first-order valence-corrected chi connectivity index (χ1v) is 9.34. The lowest BCUT2D eigenvalue weighted by atomic mass is 10.0. The second kappa shape index (κ2) is 7.97. The lowest BCUT2D eigenvalue weighted by Gasteiger charge is -2.25. The van der Waals surface area contributed by atoms with Gasteiger partial charge in [0.15, 0.2) is 0 Å². The molecule has 1 aromatic heterocycles. The number of hydrogen-bond acceptors (Lipinski definition) is 6. The van der Waals surface area contributed by atoms with Gasteiger partial charge in [-0.3, -0.25) is 4.79 Å². The van der Waals surface area contributed by atoms with E-state index in [2.05, 4.69) is 0 Å². The molecule has 29 heavy (non-hydrogen) atoms. The van der Waals surface area contributed by atoms with Gasteiger partial charge in [-0.15, -0.1) is 0 Å². The van der Waals surface area contributed by atoms with Crippen molar-refractivity contribution in [1.29, 1.82) is 0 Å². The molecule has 1 saturated heterocycles. The number of hydrogen-bond donors (Lipinski definition) is 0. The zero-order chi connectivity index (χ0) is 20.4. The summed E-state index contributed by atoms with van der Waals surface area (Å²) in [6.07, 6.45) is -0.447. The lowest BCUT2D eigenvalue weighted by Crippen LogP contribution is -2.42. The normalized spacial score (nSPS) is 14.1. The van der Waals surface area contributed by atoms with Gasteiger partial charge >= 0.3 is 6.09 Å². The molecule has 7 nitrogen and oxygen atoms in total. The zero-order valence-electron chi connectivity index (χ0n) is 16.3. The first kappa shape index (κ1) is 19.0. The predicted octanol–water partition coefficient (Wildman–Crippen LogP) is 3.61. The molecule has 2 heterocycles. The maximum atomic E-state index is 13.2. The molecule has 1 aliphatic heterocycles. The largest absolute Gasteiger partial charge is 0.496 e. The number of methoxy groups -OCH3 is 1. The highest BCUT2D eigenvalue weighted by Crippen LogP contribution is 2.32.